The van der Waals surface area contributed by atoms with Crippen LogP contribution in [0.4, 0.5) is 0 Å². The van der Waals surface area contributed by atoms with Crippen LogP contribution >= 0.6 is 0 Å². The van der Waals surface area contributed by atoms with Gasteiger partial charge in [0, 0.05) is 70.8 Å². The average Bonchev–Trinajstić information content (AvgIpc) is 3.59. The Bertz CT molecular complexity index is 1280. The Morgan fingerprint density at radius 2 is 1.75 bits per heavy atom. The lowest BCUT2D eigenvalue weighted by Gasteiger charge is -2.36. The third-order valence-corrected chi connectivity index (χ3v) is 10.8. The van der Waals surface area contributed by atoms with Crippen LogP contribution in [0.15, 0.2) is 35.4 Å². The van der Waals surface area contributed by atoms with Crippen molar-refractivity contribution < 1.29 is 22.7 Å². The summed E-state index contributed by atoms with van der Waals surface area (Å²) in [5.74, 6) is 1.10. The molecule has 2 fully saturated rings. The molecule has 2 saturated heterocycles. The van der Waals surface area contributed by atoms with E-state index in [1.54, 1.807) is 33.1 Å². The van der Waals surface area contributed by atoms with E-state index in [1.165, 1.54) is 4.31 Å². The van der Waals surface area contributed by atoms with Gasteiger partial charge >= 0.3 is 0 Å². The summed E-state index contributed by atoms with van der Waals surface area (Å²) in [6, 6.07) is 6.85. The van der Waals surface area contributed by atoms with Crippen LogP contribution in [0.2, 0.25) is 0 Å². The number of aryl methyl sites for hydroxylation is 2. The first kappa shape index (κ1) is 29.1. The van der Waals surface area contributed by atoms with Crippen molar-refractivity contribution in [3.8, 4) is 5.75 Å². The lowest BCUT2D eigenvalue weighted by molar-refractivity contribution is -0.135. The molecule has 10 nitrogen and oxygen atoms in total. The summed E-state index contributed by atoms with van der Waals surface area (Å²) in [7, 11) is -0.0924. The van der Waals surface area contributed by atoms with E-state index in [-0.39, 0.29) is 19.1 Å². The molecule has 0 spiro atoms. The second kappa shape index (κ2) is 12.2. The molecular weight excluding hydrogens is 530 g/mol. The van der Waals surface area contributed by atoms with Crippen molar-refractivity contribution in [2.45, 2.75) is 37.8 Å². The fraction of sp³-hybridized carbons (Fsp3) is 0.621. The number of benzene rings is 1. The van der Waals surface area contributed by atoms with Gasteiger partial charge in [0.2, 0.25) is 15.9 Å². The number of aromatic nitrogens is 1. The monoisotopic (exact) mass is 573 g/mol. The molecule has 2 unspecified atom stereocenters. The van der Waals surface area contributed by atoms with Gasteiger partial charge in [0.25, 0.3) is 0 Å². The number of likely N-dealkylation sites (tertiary alicyclic amines) is 1. The molecule has 0 bridgehead atoms. The molecule has 1 aromatic heterocycles. The number of nitrogens with zero attached hydrogens (tertiary/aromatic N) is 5. The number of methoxy groups -OCH3 is 1. The van der Waals surface area contributed by atoms with E-state index in [4.69, 9.17) is 9.47 Å². The molecule has 0 saturated carbocycles. The maximum absolute atomic E-state index is 14.0. The summed E-state index contributed by atoms with van der Waals surface area (Å²) >= 11 is 0. The number of rotatable bonds is 9. The van der Waals surface area contributed by atoms with Gasteiger partial charge in [-0.3, -0.25) is 4.79 Å². The van der Waals surface area contributed by atoms with Gasteiger partial charge < -0.3 is 28.7 Å². The highest BCUT2D eigenvalue weighted by Crippen LogP contribution is 2.35. The zero-order valence-corrected chi connectivity index (χ0v) is 25.0. The molecule has 11 heteroatoms. The van der Waals surface area contributed by atoms with Crippen LogP contribution in [-0.4, -0.2) is 118 Å². The van der Waals surface area contributed by atoms with Crippen LogP contribution in [0.1, 0.15) is 29.3 Å². The molecule has 4 heterocycles. The third-order valence-electron chi connectivity index (χ3n) is 8.60. The van der Waals surface area contributed by atoms with Gasteiger partial charge in [-0.15, -0.1) is 0 Å². The molecule has 0 N–H and O–H groups in total. The molecule has 0 aliphatic carbocycles. The van der Waals surface area contributed by atoms with Gasteiger partial charge in [0.1, 0.15) is 12.4 Å². The molecular formula is C29H43N5O5S. The standard InChI is InChI=1S/C29H43N5O5S/c1-22-16-25(38-4)17-23(2)29(22)40(36,37)34-15-14-32-8-5-6-26(32)27(34)20-39-21-28(35)33-9-7-24(19-33)18-31-12-10-30(3)11-13-31/h5-6,8,16-17,24,27H,7,9-15,18-21H2,1-4H3. The fourth-order valence-electron chi connectivity index (χ4n) is 6.40. The van der Waals surface area contributed by atoms with Crippen molar-refractivity contribution in [1.82, 2.24) is 23.6 Å². The number of hydrogen-bond donors (Lipinski definition) is 0. The van der Waals surface area contributed by atoms with E-state index in [0.717, 1.165) is 57.9 Å². The van der Waals surface area contributed by atoms with Gasteiger partial charge in [-0.2, -0.15) is 4.31 Å². The summed E-state index contributed by atoms with van der Waals surface area (Å²) < 4.78 is 43.0. The van der Waals surface area contributed by atoms with E-state index >= 15 is 0 Å². The van der Waals surface area contributed by atoms with Crippen LogP contribution in [-0.2, 0) is 26.1 Å². The fourth-order valence-corrected chi connectivity index (χ4v) is 8.40. The van der Waals surface area contributed by atoms with Crippen molar-refractivity contribution in [3.63, 3.8) is 0 Å². The van der Waals surface area contributed by atoms with E-state index in [0.29, 0.717) is 40.8 Å². The van der Waals surface area contributed by atoms with E-state index in [9.17, 15) is 13.2 Å². The number of ether oxygens (including phenoxy) is 2. The first-order chi connectivity index (χ1) is 19.2. The highest BCUT2D eigenvalue weighted by atomic mass is 32.2. The summed E-state index contributed by atoms with van der Waals surface area (Å²) in [4.78, 5) is 20.1. The molecule has 40 heavy (non-hydrogen) atoms. The molecule has 3 aliphatic heterocycles. The van der Waals surface area contributed by atoms with Crippen molar-refractivity contribution in [3.05, 3.63) is 47.3 Å². The average molecular weight is 574 g/mol. The number of hydrogen-bond acceptors (Lipinski definition) is 7. The third kappa shape index (κ3) is 6.08. The van der Waals surface area contributed by atoms with Crippen molar-refractivity contribution in [2.24, 2.45) is 5.92 Å². The predicted octanol–water partition coefficient (Wildman–Crippen LogP) is 1.97. The number of likely N-dealkylation sites (N-methyl/N-ethyl adjacent to an activating group) is 1. The van der Waals surface area contributed by atoms with Crippen LogP contribution < -0.4 is 4.74 Å². The molecule has 220 valence electrons. The van der Waals surface area contributed by atoms with Gasteiger partial charge in [-0.1, -0.05) is 0 Å². The number of fused-ring (bicyclic) bond motifs is 1. The summed E-state index contributed by atoms with van der Waals surface area (Å²) in [5, 5.41) is 0. The number of carbonyl (C=O) groups excluding carboxylic acids is 1. The van der Waals surface area contributed by atoms with E-state index in [1.807, 2.05) is 23.2 Å². The minimum Gasteiger partial charge on any atom is -0.497 e. The Hall–Kier alpha value is -2.44. The van der Waals surface area contributed by atoms with Gasteiger partial charge in [0.05, 0.1) is 24.7 Å². The maximum atomic E-state index is 14.0. The Kier molecular flexibility index (Phi) is 8.86. The molecule has 5 rings (SSSR count). The highest BCUT2D eigenvalue weighted by Gasteiger charge is 2.38. The summed E-state index contributed by atoms with van der Waals surface area (Å²) in [6.45, 7) is 11.5. The minimum atomic E-state index is -3.83. The molecule has 3 aliphatic rings. The topological polar surface area (TPSA) is 87.6 Å². The normalized spacial score (nSPS) is 22.9. The van der Waals surface area contributed by atoms with Crippen LogP contribution in [0.25, 0.3) is 0 Å². The number of sulfonamides is 1. The van der Waals surface area contributed by atoms with Crippen molar-refractivity contribution >= 4 is 15.9 Å². The Morgan fingerprint density at radius 1 is 1.02 bits per heavy atom. The molecule has 2 aromatic rings. The lowest BCUT2D eigenvalue weighted by Crippen LogP contribution is -2.46. The zero-order valence-electron chi connectivity index (χ0n) is 24.2. The smallest absolute Gasteiger partial charge is 0.248 e. The summed E-state index contributed by atoms with van der Waals surface area (Å²) in [5.41, 5.74) is 2.17. The second-order valence-corrected chi connectivity index (χ2v) is 13.3. The van der Waals surface area contributed by atoms with Crippen LogP contribution in [0, 0.1) is 19.8 Å². The largest absolute Gasteiger partial charge is 0.497 e. The quantitative estimate of drug-likeness (QED) is 0.453. The van der Waals surface area contributed by atoms with E-state index < -0.39 is 16.1 Å². The van der Waals surface area contributed by atoms with Gasteiger partial charge in [-0.05, 0) is 68.6 Å². The Balaban J connectivity index is 1.23. The zero-order chi connectivity index (χ0) is 28.4. The second-order valence-electron chi connectivity index (χ2n) is 11.5. The SMILES string of the molecule is COc1cc(C)c(S(=O)(=O)N2CCn3cccc3C2COCC(=O)N2CCC(CN3CCN(C)CC3)C2)c(C)c1. The van der Waals surface area contributed by atoms with Gasteiger partial charge in [0.15, 0.2) is 0 Å². The Labute approximate surface area is 238 Å². The van der Waals surface area contributed by atoms with Crippen molar-refractivity contribution in [2.75, 3.05) is 79.7 Å². The lowest BCUT2D eigenvalue weighted by atomic mass is 10.1. The van der Waals surface area contributed by atoms with Gasteiger partial charge in [-0.25, -0.2) is 8.42 Å². The molecule has 0 radical (unpaired) electrons. The number of carbonyl (C=O) groups is 1. The minimum absolute atomic E-state index is 0.0247. The van der Waals surface area contributed by atoms with E-state index in [2.05, 4.69) is 21.4 Å². The molecule has 2 atom stereocenters. The molecule has 1 amide bonds. The number of piperazine rings is 1. The summed E-state index contributed by atoms with van der Waals surface area (Å²) in [6.07, 6.45) is 2.98. The van der Waals surface area contributed by atoms with Crippen molar-refractivity contribution in [1.29, 1.82) is 0 Å². The molecule has 1 aromatic carbocycles. The first-order valence-electron chi connectivity index (χ1n) is 14.3. The van der Waals surface area contributed by atoms with Crippen LogP contribution in [0.5, 0.6) is 5.75 Å². The Morgan fingerprint density at radius 3 is 2.45 bits per heavy atom. The maximum Gasteiger partial charge on any atom is 0.248 e. The first-order valence-corrected chi connectivity index (χ1v) is 15.7. The number of amides is 1. The van der Waals surface area contributed by atoms with Crippen LogP contribution in [0.3, 0.4) is 0 Å². The highest BCUT2D eigenvalue weighted by molar-refractivity contribution is 7.89. The predicted molar refractivity (Wildman–Crippen MR) is 153 cm³/mol.